The van der Waals surface area contributed by atoms with Gasteiger partial charge in [0.15, 0.2) is 0 Å². The predicted octanol–water partition coefficient (Wildman–Crippen LogP) is 3.19. The average molecular weight is 252 g/mol. The van der Waals surface area contributed by atoms with E-state index in [9.17, 15) is 0 Å². The summed E-state index contributed by atoms with van der Waals surface area (Å²) in [5.74, 6) is 0. The Kier molecular flexibility index (Phi) is 3.91. The van der Waals surface area contributed by atoms with E-state index in [1.54, 1.807) is 0 Å². The lowest BCUT2D eigenvalue weighted by Gasteiger charge is -2.41. The maximum absolute atomic E-state index is 3.46. The second kappa shape index (κ2) is 5.09. The minimum atomic E-state index is 0.349. The quantitative estimate of drug-likeness (QED) is 0.889. The first-order valence-electron chi connectivity index (χ1n) is 6.53. The van der Waals surface area contributed by atoms with E-state index in [1.165, 1.54) is 35.7 Å². The third-order valence-electron chi connectivity index (χ3n) is 4.23. The molecule has 0 amide bonds. The number of rotatable bonds is 3. The zero-order valence-electron chi connectivity index (χ0n) is 11.4. The Balaban J connectivity index is 1.97. The van der Waals surface area contributed by atoms with Gasteiger partial charge in [-0.1, -0.05) is 0 Å². The molecule has 3 heteroatoms. The molecule has 0 saturated carbocycles. The molecule has 2 heterocycles. The molecule has 1 aromatic rings. The van der Waals surface area contributed by atoms with E-state index < -0.39 is 0 Å². The lowest BCUT2D eigenvalue weighted by molar-refractivity contribution is 0.119. The number of aryl methyl sites for hydroxylation is 1. The van der Waals surface area contributed by atoms with Crippen LogP contribution in [0.15, 0.2) is 12.1 Å². The summed E-state index contributed by atoms with van der Waals surface area (Å²) in [6.07, 6.45) is 2.50. The Morgan fingerprint density at radius 1 is 1.35 bits per heavy atom. The number of thiophene rings is 1. The summed E-state index contributed by atoms with van der Waals surface area (Å²) < 4.78 is 0. The number of nitrogens with zero attached hydrogens (tertiary/aromatic N) is 1. The SMILES string of the molecule is CNC1(C)CCN(C(C)c2ccc(C)s2)CC1. The minimum absolute atomic E-state index is 0.349. The highest BCUT2D eigenvalue weighted by Crippen LogP contribution is 2.31. The van der Waals surface area contributed by atoms with Crippen molar-refractivity contribution in [1.82, 2.24) is 10.2 Å². The molecule has 0 bridgehead atoms. The van der Waals surface area contributed by atoms with Gasteiger partial charge in [-0.3, -0.25) is 4.90 Å². The van der Waals surface area contributed by atoms with Crippen LogP contribution < -0.4 is 5.32 Å². The summed E-state index contributed by atoms with van der Waals surface area (Å²) in [6.45, 7) is 9.28. The Morgan fingerprint density at radius 3 is 2.47 bits per heavy atom. The molecule has 0 aliphatic carbocycles. The summed E-state index contributed by atoms with van der Waals surface area (Å²) in [7, 11) is 2.09. The Labute approximate surface area is 109 Å². The third kappa shape index (κ3) is 2.90. The highest BCUT2D eigenvalue weighted by Gasteiger charge is 2.30. The molecule has 1 atom stereocenters. The van der Waals surface area contributed by atoms with Crippen molar-refractivity contribution >= 4 is 11.3 Å². The van der Waals surface area contributed by atoms with Gasteiger partial charge in [0, 0.05) is 34.4 Å². The van der Waals surface area contributed by atoms with Crippen molar-refractivity contribution in [2.75, 3.05) is 20.1 Å². The zero-order valence-corrected chi connectivity index (χ0v) is 12.2. The average Bonchev–Trinajstić information content (AvgIpc) is 2.76. The third-order valence-corrected chi connectivity index (χ3v) is 5.40. The Bertz CT molecular complexity index is 364. The van der Waals surface area contributed by atoms with Crippen LogP contribution in [0.4, 0.5) is 0 Å². The van der Waals surface area contributed by atoms with Gasteiger partial charge in [-0.2, -0.15) is 0 Å². The van der Waals surface area contributed by atoms with Gasteiger partial charge in [-0.05, 0) is 52.8 Å². The molecule has 1 aliphatic rings. The summed E-state index contributed by atoms with van der Waals surface area (Å²) in [4.78, 5) is 5.55. The second-order valence-electron chi connectivity index (χ2n) is 5.47. The fraction of sp³-hybridized carbons (Fsp3) is 0.714. The molecular formula is C14H24N2S. The molecule has 1 fully saturated rings. The maximum Gasteiger partial charge on any atom is 0.0413 e. The van der Waals surface area contributed by atoms with Crippen LogP contribution in [-0.4, -0.2) is 30.6 Å². The minimum Gasteiger partial charge on any atom is -0.314 e. The monoisotopic (exact) mass is 252 g/mol. The molecule has 1 unspecified atom stereocenters. The Morgan fingerprint density at radius 2 is 2.00 bits per heavy atom. The van der Waals surface area contributed by atoms with Crippen molar-refractivity contribution in [2.24, 2.45) is 0 Å². The van der Waals surface area contributed by atoms with E-state index in [0.29, 0.717) is 11.6 Å². The molecule has 0 radical (unpaired) electrons. The van der Waals surface area contributed by atoms with Crippen molar-refractivity contribution < 1.29 is 0 Å². The summed E-state index contributed by atoms with van der Waals surface area (Å²) in [6, 6.07) is 5.10. The van der Waals surface area contributed by atoms with Gasteiger partial charge in [-0.15, -0.1) is 11.3 Å². The van der Waals surface area contributed by atoms with Crippen molar-refractivity contribution in [2.45, 2.75) is 45.2 Å². The molecule has 1 N–H and O–H groups in total. The molecule has 0 spiro atoms. The van der Waals surface area contributed by atoms with Crippen LogP contribution in [-0.2, 0) is 0 Å². The summed E-state index contributed by atoms with van der Waals surface area (Å²) >= 11 is 1.94. The second-order valence-corrected chi connectivity index (χ2v) is 6.79. The molecule has 2 rings (SSSR count). The van der Waals surface area contributed by atoms with Crippen molar-refractivity contribution in [3.63, 3.8) is 0 Å². The smallest absolute Gasteiger partial charge is 0.0413 e. The first-order chi connectivity index (χ1) is 8.04. The van der Waals surface area contributed by atoms with Crippen LogP contribution in [0.5, 0.6) is 0 Å². The standard InChI is InChI=1S/C14H24N2S/c1-11-5-6-13(17-11)12(2)16-9-7-14(3,15-4)8-10-16/h5-6,12,15H,7-10H2,1-4H3. The van der Waals surface area contributed by atoms with E-state index in [-0.39, 0.29) is 0 Å². The van der Waals surface area contributed by atoms with E-state index >= 15 is 0 Å². The molecule has 17 heavy (non-hydrogen) atoms. The first kappa shape index (κ1) is 13.1. The lowest BCUT2D eigenvalue weighted by Crippen LogP contribution is -2.50. The van der Waals surface area contributed by atoms with E-state index in [0.717, 1.165) is 0 Å². The van der Waals surface area contributed by atoms with Crippen molar-refractivity contribution in [3.8, 4) is 0 Å². The zero-order chi connectivity index (χ0) is 12.5. The number of nitrogens with one attached hydrogen (secondary N) is 1. The highest BCUT2D eigenvalue weighted by molar-refractivity contribution is 7.12. The van der Waals surface area contributed by atoms with Crippen LogP contribution in [0.2, 0.25) is 0 Å². The van der Waals surface area contributed by atoms with Crippen LogP contribution >= 0.6 is 11.3 Å². The van der Waals surface area contributed by atoms with Gasteiger partial charge in [0.05, 0.1) is 0 Å². The van der Waals surface area contributed by atoms with E-state index in [4.69, 9.17) is 0 Å². The molecule has 0 aromatic carbocycles. The molecular weight excluding hydrogens is 228 g/mol. The molecule has 1 aromatic heterocycles. The summed E-state index contributed by atoms with van der Waals surface area (Å²) in [5.41, 5.74) is 0.349. The molecule has 96 valence electrons. The molecule has 1 saturated heterocycles. The van der Waals surface area contributed by atoms with Crippen LogP contribution in [0.25, 0.3) is 0 Å². The number of piperidine rings is 1. The van der Waals surface area contributed by atoms with Crippen molar-refractivity contribution in [1.29, 1.82) is 0 Å². The van der Waals surface area contributed by atoms with Gasteiger partial charge in [-0.25, -0.2) is 0 Å². The van der Waals surface area contributed by atoms with Gasteiger partial charge >= 0.3 is 0 Å². The first-order valence-corrected chi connectivity index (χ1v) is 7.35. The topological polar surface area (TPSA) is 15.3 Å². The number of likely N-dealkylation sites (tertiary alicyclic amines) is 1. The van der Waals surface area contributed by atoms with Crippen molar-refractivity contribution in [3.05, 3.63) is 21.9 Å². The fourth-order valence-electron chi connectivity index (χ4n) is 2.51. The summed E-state index contributed by atoms with van der Waals surface area (Å²) in [5, 5.41) is 3.46. The lowest BCUT2D eigenvalue weighted by atomic mass is 9.89. The van der Waals surface area contributed by atoms with Crippen LogP contribution in [0, 0.1) is 6.92 Å². The Hall–Kier alpha value is -0.380. The van der Waals surface area contributed by atoms with Crippen LogP contribution in [0.1, 0.15) is 42.5 Å². The van der Waals surface area contributed by atoms with Crippen LogP contribution in [0.3, 0.4) is 0 Å². The molecule has 1 aliphatic heterocycles. The highest BCUT2D eigenvalue weighted by atomic mass is 32.1. The van der Waals surface area contributed by atoms with Gasteiger partial charge in [0.1, 0.15) is 0 Å². The largest absolute Gasteiger partial charge is 0.314 e. The molecule has 2 nitrogen and oxygen atoms in total. The predicted molar refractivity (Wildman–Crippen MR) is 75.7 cm³/mol. The fourth-order valence-corrected chi connectivity index (χ4v) is 3.48. The normalized spacial score (nSPS) is 22.6. The van der Waals surface area contributed by atoms with E-state index in [1.807, 2.05) is 11.3 Å². The number of hydrogen-bond donors (Lipinski definition) is 1. The van der Waals surface area contributed by atoms with Gasteiger partial charge in [0.25, 0.3) is 0 Å². The number of hydrogen-bond acceptors (Lipinski definition) is 3. The van der Waals surface area contributed by atoms with E-state index in [2.05, 4.69) is 50.2 Å². The maximum atomic E-state index is 3.46. The van der Waals surface area contributed by atoms with Gasteiger partial charge in [0.2, 0.25) is 0 Å². The van der Waals surface area contributed by atoms with Gasteiger partial charge < -0.3 is 5.32 Å².